The van der Waals surface area contributed by atoms with E-state index in [1.165, 1.54) is 0 Å². The molecular formula is C29H35N3O8S. The predicted molar refractivity (Wildman–Crippen MR) is 155 cm³/mol. The van der Waals surface area contributed by atoms with Crippen LogP contribution in [0, 0.1) is 0 Å². The molecule has 0 spiro atoms. The zero-order valence-corrected chi connectivity index (χ0v) is 23.7. The van der Waals surface area contributed by atoms with Gasteiger partial charge in [-0.25, -0.2) is 0 Å². The molecule has 1 aliphatic rings. The predicted octanol–water partition coefficient (Wildman–Crippen LogP) is 3.61. The van der Waals surface area contributed by atoms with E-state index in [-0.39, 0.29) is 42.6 Å². The van der Waals surface area contributed by atoms with Gasteiger partial charge in [-0.3, -0.25) is 29.3 Å². The number of benzene rings is 2. The Morgan fingerprint density at radius 3 is 2.54 bits per heavy atom. The number of nitrogens with one attached hydrogen (secondary N) is 3. The third-order valence-electron chi connectivity index (χ3n) is 6.19. The average molecular weight is 586 g/mol. The minimum Gasteiger partial charge on any atom is -0.493 e. The summed E-state index contributed by atoms with van der Waals surface area (Å²) in [5.74, 6) is -1.15. The second-order valence-corrected chi connectivity index (χ2v) is 10.3. The highest BCUT2D eigenvalue weighted by Gasteiger charge is 2.25. The molecule has 1 unspecified atom stereocenters. The van der Waals surface area contributed by atoms with Crippen LogP contribution in [0.15, 0.2) is 41.3 Å². The van der Waals surface area contributed by atoms with Gasteiger partial charge in [0.15, 0.2) is 0 Å². The van der Waals surface area contributed by atoms with Crippen molar-refractivity contribution >= 4 is 57.6 Å². The SMILES string of the molecule is CCOC(=O)CC(CCC(=O)O)NCCCNC(=O)CCCOc1ccc(C=C2SC(=O)NC2=O)c2ccccc12. The number of carbonyl (C=O) groups excluding carboxylic acids is 4. The molecule has 1 heterocycles. The van der Waals surface area contributed by atoms with Crippen molar-refractivity contribution in [2.24, 2.45) is 0 Å². The van der Waals surface area contributed by atoms with Crippen LogP contribution in [0.25, 0.3) is 16.8 Å². The number of thioether (sulfide) groups is 1. The number of amides is 3. The average Bonchev–Trinajstić information content (AvgIpc) is 3.26. The molecule has 3 amide bonds. The van der Waals surface area contributed by atoms with Crippen LogP contribution in [0.4, 0.5) is 4.79 Å². The highest BCUT2D eigenvalue weighted by molar-refractivity contribution is 8.18. The Balaban J connectivity index is 1.39. The Bertz CT molecular complexity index is 1300. The molecule has 2 aromatic carbocycles. The number of hydrogen-bond acceptors (Lipinski definition) is 9. The van der Waals surface area contributed by atoms with Gasteiger partial charge in [-0.05, 0) is 67.6 Å². The van der Waals surface area contributed by atoms with Gasteiger partial charge in [0.2, 0.25) is 5.91 Å². The quantitative estimate of drug-likeness (QED) is 0.123. The molecule has 41 heavy (non-hydrogen) atoms. The topological polar surface area (TPSA) is 160 Å². The van der Waals surface area contributed by atoms with Gasteiger partial charge in [0.25, 0.3) is 11.1 Å². The van der Waals surface area contributed by atoms with E-state index in [1.54, 1.807) is 13.0 Å². The second-order valence-electron chi connectivity index (χ2n) is 9.30. The molecule has 1 atom stereocenters. The van der Waals surface area contributed by atoms with Crippen molar-refractivity contribution in [2.45, 2.75) is 51.5 Å². The van der Waals surface area contributed by atoms with Gasteiger partial charge in [-0.1, -0.05) is 30.3 Å². The zero-order valence-electron chi connectivity index (χ0n) is 22.9. The maximum Gasteiger partial charge on any atom is 0.307 e. The number of fused-ring (bicyclic) bond motifs is 1. The van der Waals surface area contributed by atoms with Gasteiger partial charge in [0, 0.05) is 30.8 Å². The number of ether oxygens (including phenoxy) is 2. The molecule has 220 valence electrons. The van der Waals surface area contributed by atoms with Crippen molar-refractivity contribution in [1.82, 2.24) is 16.0 Å². The minimum atomic E-state index is -0.924. The van der Waals surface area contributed by atoms with E-state index in [0.29, 0.717) is 56.0 Å². The number of carbonyl (C=O) groups is 5. The highest BCUT2D eigenvalue weighted by atomic mass is 32.2. The van der Waals surface area contributed by atoms with Crippen LogP contribution < -0.4 is 20.7 Å². The Hall–Kier alpha value is -3.90. The van der Waals surface area contributed by atoms with Crippen molar-refractivity contribution < 1.29 is 38.6 Å². The first-order valence-electron chi connectivity index (χ1n) is 13.5. The van der Waals surface area contributed by atoms with Crippen molar-refractivity contribution in [3.05, 3.63) is 46.9 Å². The number of carboxylic acid groups (broad SMARTS) is 1. The number of rotatable bonds is 17. The Labute approximate surface area is 242 Å². The highest BCUT2D eigenvalue weighted by Crippen LogP contribution is 2.32. The van der Waals surface area contributed by atoms with Gasteiger partial charge in [-0.15, -0.1) is 0 Å². The molecule has 1 aliphatic heterocycles. The van der Waals surface area contributed by atoms with E-state index in [4.69, 9.17) is 14.6 Å². The minimum absolute atomic E-state index is 0.0478. The van der Waals surface area contributed by atoms with Crippen LogP contribution in [0.2, 0.25) is 0 Å². The lowest BCUT2D eigenvalue weighted by Crippen LogP contribution is -2.35. The molecule has 0 aromatic heterocycles. The first-order chi connectivity index (χ1) is 19.8. The molecule has 11 nitrogen and oxygen atoms in total. The number of aliphatic carboxylic acids is 1. The van der Waals surface area contributed by atoms with Gasteiger partial charge < -0.3 is 25.2 Å². The van der Waals surface area contributed by atoms with E-state index >= 15 is 0 Å². The van der Waals surface area contributed by atoms with E-state index in [2.05, 4.69) is 16.0 Å². The summed E-state index contributed by atoms with van der Waals surface area (Å²) in [5.41, 5.74) is 0.795. The summed E-state index contributed by atoms with van der Waals surface area (Å²) < 4.78 is 10.9. The second kappa shape index (κ2) is 16.4. The largest absolute Gasteiger partial charge is 0.493 e. The Morgan fingerprint density at radius 2 is 1.83 bits per heavy atom. The van der Waals surface area contributed by atoms with Gasteiger partial charge in [0.05, 0.1) is 24.5 Å². The summed E-state index contributed by atoms with van der Waals surface area (Å²) in [6, 6.07) is 11.0. The van der Waals surface area contributed by atoms with E-state index in [9.17, 15) is 24.0 Å². The third kappa shape index (κ3) is 10.5. The van der Waals surface area contributed by atoms with Crippen molar-refractivity contribution in [1.29, 1.82) is 0 Å². The van der Waals surface area contributed by atoms with Gasteiger partial charge in [-0.2, -0.15) is 0 Å². The zero-order chi connectivity index (χ0) is 29.6. The van der Waals surface area contributed by atoms with Crippen molar-refractivity contribution in [3.8, 4) is 5.75 Å². The fraction of sp³-hybridized carbons (Fsp3) is 0.414. The van der Waals surface area contributed by atoms with Gasteiger partial charge in [0.1, 0.15) is 5.75 Å². The lowest BCUT2D eigenvalue weighted by Gasteiger charge is -2.17. The summed E-state index contributed by atoms with van der Waals surface area (Å²) in [4.78, 5) is 58.6. The lowest BCUT2D eigenvalue weighted by atomic mass is 10.0. The first kappa shape index (κ1) is 31.6. The van der Waals surface area contributed by atoms with Crippen LogP contribution in [0.1, 0.15) is 51.0 Å². The number of esters is 1. The number of carboxylic acids is 1. The molecule has 2 aromatic rings. The van der Waals surface area contributed by atoms with Crippen LogP contribution in [-0.4, -0.2) is 66.4 Å². The van der Waals surface area contributed by atoms with E-state index in [1.807, 2.05) is 36.4 Å². The molecule has 1 saturated heterocycles. The first-order valence-corrected chi connectivity index (χ1v) is 14.4. The van der Waals surface area contributed by atoms with Crippen molar-refractivity contribution in [3.63, 3.8) is 0 Å². The molecule has 0 bridgehead atoms. The fourth-order valence-electron chi connectivity index (χ4n) is 4.23. The number of imide groups is 1. The van der Waals surface area contributed by atoms with Crippen LogP contribution >= 0.6 is 11.8 Å². The number of hydrogen-bond donors (Lipinski definition) is 4. The molecule has 0 aliphatic carbocycles. The Kier molecular flexibility index (Phi) is 12.6. The molecule has 1 fully saturated rings. The summed E-state index contributed by atoms with van der Waals surface area (Å²) in [6.07, 6.45) is 3.48. The van der Waals surface area contributed by atoms with E-state index < -0.39 is 11.9 Å². The molecule has 0 saturated carbocycles. The summed E-state index contributed by atoms with van der Waals surface area (Å²) in [5, 5.41) is 18.6. The van der Waals surface area contributed by atoms with Crippen LogP contribution in [-0.2, 0) is 23.9 Å². The lowest BCUT2D eigenvalue weighted by molar-refractivity contribution is -0.144. The van der Waals surface area contributed by atoms with Gasteiger partial charge >= 0.3 is 11.9 Å². The molecule has 12 heteroatoms. The normalized spacial score (nSPS) is 14.6. The van der Waals surface area contributed by atoms with Crippen LogP contribution in [0.3, 0.4) is 0 Å². The van der Waals surface area contributed by atoms with Crippen LogP contribution in [0.5, 0.6) is 5.75 Å². The molecular weight excluding hydrogens is 550 g/mol. The summed E-state index contributed by atoms with van der Waals surface area (Å²) >= 11 is 0.869. The maximum absolute atomic E-state index is 12.2. The molecule has 0 radical (unpaired) electrons. The molecule has 3 rings (SSSR count). The summed E-state index contributed by atoms with van der Waals surface area (Å²) in [6.45, 7) is 3.29. The third-order valence-corrected chi connectivity index (χ3v) is 7.00. The summed E-state index contributed by atoms with van der Waals surface area (Å²) in [7, 11) is 0. The monoisotopic (exact) mass is 585 g/mol. The maximum atomic E-state index is 12.2. The standard InChI is InChI=1S/C29H35N3O8S/c1-2-39-27(36)18-20(11-13-26(34)35)30-14-6-15-31-25(33)9-5-16-40-23-12-10-19(21-7-3-4-8-22(21)23)17-24-28(37)32-29(38)41-24/h3-4,7-8,10,12,17,20,30H,2,5-6,9,11,13-16,18H2,1H3,(H,31,33)(H,34,35)(H,32,37,38). The fourth-order valence-corrected chi connectivity index (χ4v) is 4.90. The smallest absolute Gasteiger partial charge is 0.307 e. The van der Waals surface area contributed by atoms with E-state index in [0.717, 1.165) is 28.1 Å². The van der Waals surface area contributed by atoms with Crippen molar-refractivity contribution in [2.75, 3.05) is 26.3 Å². The molecule has 4 N–H and O–H groups in total. The Morgan fingerprint density at radius 1 is 1.05 bits per heavy atom.